The Morgan fingerprint density at radius 2 is 2.33 bits per heavy atom. The van der Waals surface area contributed by atoms with Crippen LogP contribution in [-0.4, -0.2) is 17.6 Å². The maximum absolute atomic E-state index is 13.3. The predicted octanol–water partition coefficient (Wildman–Crippen LogP) is 2.01. The molecule has 0 aromatic heterocycles. The van der Waals surface area contributed by atoms with Gasteiger partial charge >= 0.3 is 5.69 Å². The fourth-order valence-corrected chi connectivity index (χ4v) is 1.34. The smallest absolute Gasteiger partial charge is 0.306 e. The standard InChI is InChI=1S/C10H9ClFN3O3/c11-7-3-9(15(16)17)8(12)4-10(7)18-2-1-6(14)5-13/h3-4,6H,1-2,14H2. The van der Waals surface area contributed by atoms with E-state index in [9.17, 15) is 14.5 Å². The molecule has 18 heavy (non-hydrogen) atoms. The minimum atomic E-state index is -1.04. The van der Waals surface area contributed by atoms with E-state index in [-0.39, 0.29) is 23.8 Å². The number of nitro groups is 1. The van der Waals surface area contributed by atoms with Crippen LogP contribution < -0.4 is 10.5 Å². The lowest BCUT2D eigenvalue weighted by atomic mass is 10.2. The van der Waals surface area contributed by atoms with Crippen molar-refractivity contribution in [1.29, 1.82) is 5.26 Å². The molecule has 0 fully saturated rings. The average molecular weight is 274 g/mol. The van der Waals surface area contributed by atoms with Crippen molar-refractivity contribution in [2.45, 2.75) is 12.5 Å². The second-order valence-electron chi connectivity index (χ2n) is 3.36. The summed E-state index contributed by atoms with van der Waals surface area (Å²) in [6.45, 7) is 0.0612. The lowest BCUT2D eigenvalue weighted by molar-refractivity contribution is -0.387. The Balaban J connectivity index is 2.77. The Kier molecular flexibility index (Phi) is 4.83. The van der Waals surface area contributed by atoms with E-state index in [1.54, 1.807) is 6.07 Å². The monoisotopic (exact) mass is 273 g/mol. The topological polar surface area (TPSA) is 102 Å². The van der Waals surface area contributed by atoms with Crippen LogP contribution in [0.2, 0.25) is 5.02 Å². The molecule has 6 nitrogen and oxygen atoms in total. The molecule has 0 amide bonds. The minimum Gasteiger partial charge on any atom is -0.492 e. The van der Waals surface area contributed by atoms with E-state index < -0.39 is 22.5 Å². The van der Waals surface area contributed by atoms with Crippen LogP contribution in [0.1, 0.15) is 6.42 Å². The second-order valence-corrected chi connectivity index (χ2v) is 3.77. The molecule has 0 aliphatic rings. The van der Waals surface area contributed by atoms with Crippen LogP contribution in [-0.2, 0) is 0 Å². The molecule has 8 heteroatoms. The van der Waals surface area contributed by atoms with Crippen molar-refractivity contribution in [2.75, 3.05) is 6.61 Å². The molecule has 96 valence electrons. The average Bonchev–Trinajstić information content (AvgIpc) is 2.32. The van der Waals surface area contributed by atoms with Gasteiger partial charge in [0, 0.05) is 18.6 Å². The molecule has 0 heterocycles. The molecule has 1 aromatic carbocycles. The van der Waals surface area contributed by atoms with E-state index in [0.717, 1.165) is 12.1 Å². The van der Waals surface area contributed by atoms with Crippen molar-refractivity contribution < 1.29 is 14.1 Å². The van der Waals surface area contributed by atoms with Gasteiger partial charge in [0.1, 0.15) is 5.75 Å². The van der Waals surface area contributed by atoms with Gasteiger partial charge in [-0.1, -0.05) is 11.6 Å². The summed E-state index contributed by atoms with van der Waals surface area (Å²) in [5, 5.41) is 18.8. The molecule has 0 aliphatic heterocycles. The molecule has 0 saturated heterocycles. The van der Waals surface area contributed by atoms with Crippen molar-refractivity contribution >= 4 is 17.3 Å². The molecule has 0 bridgehead atoms. The molecule has 1 unspecified atom stereocenters. The van der Waals surface area contributed by atoms with Gasteiger partial charge in [-0.05, 0) is 0 Å². The summed E-state index contributed by atoms with van der Waals surface area (Å²) in [6, 6.07) is 2.82. The van der Waals surface area contributed by atoms with E-state index in [4.69, 9.17) is 27.3 Å². The van der Waals surface area contributed by atoms with E-state index in [2.05, 4.69) is 0 Å². The van der Waals surface area contributed by atoms with Crippen molar-refractivity contribution in [1.82, 2.24) is 0 Å². The molecule has 0 spiro atoms. The lowest BCUT2D eigenvalue weighted by Gasteiger charge is -2.08. The fourth-order valence-electron chi connectivity index (χ4n) is 1.13. The Hall–Kier alpha value is -1.91. The van der Waals surface area contributed by atoms with Crippen LogP contribution in [0, 0.1) is 27.3 Å². The van der Waals surface area contributed by atoms with Gasteiger partial charge < -0.3 is 10.5 Å². The van der Waals surface area contributed by atoms with E-state index in [0.29, 0.717) is 0 Å². The summed E-state index contributed by atoms with van der Waals surface area (Å²) in [7, 11) is 0. The summed E-state index contributed by atoms with van der Waals surface area (Å²) in [5.41, 5.74) is 4.61. The predicted molar refractivity (Wildman–Crippen MR) is 61.8 cm³/mol. The highest BCUT2D eigenvalue weighted by Crippen LogP contribution is 2.31. The van der Waals surface area contributed by atoms with Crippen molar-refractivity contribution in [3.63, 3.8) is 0 Å². The van der Waals surface area contributed by atoms with Gasteiger partial charge in [-0.3, -0.25) is 10.1 Å². The number of benzene rings is 1. The zero-order chi connectivity index (χ0) is 13.7. The van der Waals surface area contributed by atoms with Crippen LogP contribution in [0.15, 0.2) is 12.1 Å². The summed E-state index contributed by atoms with van der Waals surface area (Å²) >= 11 is 5.70. The van der Waals surface area contributed by atoms with Crippen LogP contribution in [0.4, 0.5) is 10.1 Å². The van der Waals surface area contributed by atoms with Gasteiger partial charge in [-0.2, -0.15) is 9.65 Å². The molecule has 0 aliphatic carbocycles. The number of nitrogens with two attached hydrogens (primary N) is 1. The largest absolute Gasteiger partial charge is 0.492 e. The Morgan fingerprint density at radius 1 is 1.67 bits per heavy atom. The molecule has 1 atom stereocenters. The van der Waals surface area contributed by atoms with Crippen LogP contribution >= 0.6 is 11.6 Å². The maximum atomic E-state index is 13.3. The van der Waals surface area contributed by atoms with E-state index in [1.807, 2.05) is 0 Å². The number of ether oxygens (including phenoxy) is 1. The third-order valence-electron chi connectivity index (χ3n) is 2.05. The Bertz CT molecular complexity index is 504. The highest BCUT2D eigenvalue weighted by atomic mass is 35.5. The Labute approximate surface area is 107 Å². The lowest BCUT2D eigenvalue weighted by Crippen LogP contribution is -2.20. The van der Waals surface area contributed by atoms with Gasteiger partial charge in [0.15, 0.2) is 0 Å². The molecule has 1 aromatic rings. The molecule has 1 rings (SSSR count). The summed E-state index contributed by atoms with van der Waals surface area (Å²) in [4.78, 5) is 9.56. The molecule has 0 saturated carbocycles. The first-order valence-corrected chi connectivity index (χ1v) is 5.25. The summed E-state index contributed by atoms with van der Waals surface area (Å²) in [6.07, 6.45) is 0.242. The first-order chi connectivity index (χ1) is 8.45. The van der Waals surface area contributed by atoms with Gasteiger partial charge in [0.05, 0.1) is 28.7 Å². The number of nitro benzene ring substituents is 1. The molecule has 0 radical (unpaired) electrons. The maximum Gasteiger partial charge on any atom is 0.306 e. The third-order valence-corrected chi connectivity index (χ3v) is 2.35. The zero-order valence-corrected chi connectivity index (χ0v) is 9.85. The summed E-state index contributed by atoms with van der Waals surface area (Å²) < 4.78 is 18.4. The van der Waals surface area contributed by atoms with Crippen molar-refractivity contribution in [3.05, 3.63) is 33.1 Å². The normalized spacial score (nSPS) is 11.7. The van der Waals surface area contributed by atoms with Crippen molar-refractivity contribution in [2.24, 2.45) is 5.73 Å². The number of hydrogen-bond donors (Lipinski definition) is 1. The minimum absolute atomic E-state index is 0.0232. The van der Waals surface area contributed by atoms with Gasteiger partial charge in [0.2, 0.25) is 5.82 Å². The fraction of sp³-hybridized carbons (Fsp3) is 0.300. The van der Waals surface area contributed by atoms with Crippen LogP contribution in [0.3, 0.4) is 0 Å². The van der Waals surface area contributed by atoms with Crippen LogP contribution in [0.25, 0.3) is 0 Å². The van der Waals surface area contributed by atoms with Crippen LogP contribution in [0.5, 0.6) is 5.75 Å². The third kappa shape index (κ3) is 3.55. The van der Waals surface area contributed by atoms with Crippen molar-refractivity contribution in [3.8, 4) is 11.8 Å². The molecular formula is C10H9ClFN3O3. The summed E-state index contributed by atoms with van der Waals surface area (Å²) in [5.74, 6) is -1.06. The number of nitrogens with zero attached hydrogens (tertiary/aromatic N) is 2. The number of hydrogen-bond acceptors (Lipinski definition) is 5. The molecule has 2 N–H and O–H groups in total. The first-order valence-electron chi connectivity index (χ1n) is 4.87. The quantitative estimate of drug-likeness (QED) is 0.653. The van der Waals surface area contributed by atoms with Gasteiger partial charge in [0.25, 0.3) is 0 Å². The SMILES string of the molecule is N#CC(N)CCOc1cc(F)c([N+](=O)[O-])cc1Cl. The number of nitriles is 1. The second kappa shape index (κ2) is 6.14. The number of rotatable bonds is 5. The highest BCUT2D eigenvalue weighted by Gasteiger charge is 2.18. The zero-order valence-electron chi connectivity index (χ0n) is 9.10. The van der Waals surface area contributed by atoms with Gasteiger partial charge in [-0.15, -0.1) is 0 Å². The number of halogens is 2. The van der Waals surface area contributed by atoms with E-state index >= 15 is 0 Å². The Morgan fingerprint density at radius 3 is 2.89 bits per heavy atom. The van der Waals surface area contributed by atoms with E-state index in [1.165, 1.54) is 0 Å². The first kappa shape index (κ1) is 14.2. The van der Waals surface area contributed by atoms with Gasteiger partial charge in [-0.25, -0.2) is 0 Å². The molecular weight excluding hydrogens is 265 g/mol. The highest BCUT2D eigenvalue weighted by molar-refractivity contribution is 6.32.